The predicted molar refractivity (Wildman–Crippen MR) is 124 cm³/mol. The van der Waals surface area contributed by atoms with Crippen molar-refractivity contribution in [1.82, 2.24) is 0 Å². The summed E-state index contributed by atoms with van der Waals surface area (Å²) in [4.78, 5) is 25.8. The van der Waals surface area contributed by atoms with Crippen LogP contribution in [0.4, 0.5) is 0 Å². The highest BCUT2D eigenvalue weighted by Crippen LogP contribution is 2.73. The smallest absolute Gasteiger partial charge is 0.336 e. The van der Waals surface area contributed by atoms with Gasteiger partial charge in [-0.3, -0.25) is 4.79 Å². The minimum atomic E-state index is -0.719. The van der Waals surface area contributed by atoms with Crippen LogP contribution in [0, 0.1) is 40.4 Å². The van der Waals surface area contributed by atoms with Gasteiger partial charge in [-0.1, -0.05) is 19.4 Å². The van der Waals surface area contributed by atoms with Crippen molar-refractivity contribution < 1.29 is 29.3 Å². The van der Waals surface area contributed by atoms with Crippen LogP contribution in [0.15, 0.2) is 23.3 Å². The van der Waals surface area contributed by atoms with Crippen LogP contribution >= 0.6 is 0 Å². The van der Waals surface area contributed by atoms with E-state index >= 15 is 0 Å². The molecule has 0 aromatic rings. The van der Waals surface area contributed by atoms with Crippen molar-refractivity contribution in [3.05, 3.63) is 23.3 Å². The minimum absolute atomic E-state index is 0.0366. The van der Waals surface area contributed by atoms with E-state index in [9.17, 15) is 19.8 Å². The topological polar surface area (TPSA) is 96.4 Å². The zero-order chi connectivity index (χ0) is 24.2. The minimum Gasteiger partial charge on any atom is -0.458 e. The van der Waals surface area contributed by atoms with Gasteiger partial charge in [-0.2, -0.15) is 0 Å². The second-order valence-electron chi connectivity index (χ2n) is 12.5. The first-order valence-corrected chi connectivity index (χ1v) is 13.2. The number of cyclic esters (lactones) is 1. The SMILES string of the molecule is CC1=C(CO)C(=O)OC([C@@H](C)[C@H]2CC[C@H]3[C@@H]4CC5OC56C(O)C=CC(=O)[C@]6(C)[C@H]4CC[C@]23C)C1. The van der Waals surface area contributed by atoms with E-state index in [1.165, 1.54) is 0 Å². The highest BCUT2D eigenvalue weighted by atomic mass is 16.6. The molecule has 1 spiro atoms. The van der Waals surface area contributed by atoms with Gasteiger partial charge in [-0.05, 0) is 93.1 Å². The third kappa shape index (κ3) is 2.63. The molecule has 3 saturated carbocycles. The van der Waals surface area contributed by atoms with Crippen molar-refractivity contribution >= 4 is 11.8 Å². The van der Waals surface area contributed by atoms with E-state index in [4.69, 9.17) is 9.47 Å². The lowest BCUT2D eigenvalue weighted by Gasteiger charge is -2.58. The maximum atomic E-state index is 13.3. The van der Waals surface area contributed by atoms with Gasteiger partial charge in [-0.25, -0.2) is 4.79 Å². The second-order valence-corrected chi connectivity index (χ2v) is 12.5. The molecule has 6 aliphatic rings. The molecule has 2 aliphatic heterocycles. The molecule has 0 bridgehead atoms. The predicted octanol–water partition coefficient (Wildman–Crippen LogP) is 3.35. The van der Waals surface area contributed by atoms with Gasteiger partial charge in [-0.15, -0.1) is 0 Å². The number of carbonyl (C=O) groups excluding carboxylic acids is 2. The summed E-state index contributed by atoms with van der Waals surface area (Å²) < 4.78 is 12.1. The molecular formula is C28H38O6. The number of rotatable bonds is 3. The zero-order valence-electron chi connectivity index (χ0n) is 20.8. The molecule has 1 saturated heterocycles. The molecule has 2 heterocycles. The van der Waals surface area contributed by atoms with Crippen molar-refractivity contribution in [3.8, 4) is 0 Å². The van der Waals surface area contributed by atoms with Gasteiger partial charge in [0.05, 0.1) is 23.7 Å². The molecule has 6 rings (SSSR count). The monoisotopic (exact) mass is 470 g/mol. The highest BCUT2D eigenvalue weighted by molar-refractivity contribution is 5.98. The summed E-state index contributed by atoms with van der Waals surface area (Å²) in [6, 6.07) is 0. The molecule has 4 aliphatic carbocycles. The van der Waals surface area contributed by atoms with Gasteiger partial charge in [0.1, 0.15) is 17.8 Å². The maximum absolute atomic E-state index is 13.3. The number of ether oxygens (including phenoxy) is 2. The summed E-state index contributed by atoms with van der Waals surface area (Å²) in [5.74, 6) is 1.61. The summed E-state index contributed by atoms with van der Waals surface area (Å²) in [6.07, 6.45) is 8.23. The van der Waals surface area contributed by atoms with Crippen LogP contribution in [0.25, 0.3) is 0 Å². The standard InChI is InChI=1S/C28H38O6/c1-14-11-21(33-25(32)17(14)13-29)15(2)18-5-6-19-16-12-24-28(34-24)23(31)8-7-22(30)27(28,4)20(16)9-10-26(18,19)3/h7-8,15-16,18-21,23-24,29,31H,5-6,9-13H2,1-4H3/t15-,16-,18+,19-,20-,21?,23?,24?,26+,27-,28?/m0/s1. The fourth-order valence-electron chi connectivity index (χ4n) is 9.69. The van der Waals surface area contributed by atoms with Crippen molar-refractivity contribution in [3.63, 3.8) is 0 Å². The Kier molecular flexibility index (Phi) is 4.90. The van der Waals surface area contributed by atoms with Gasteiger partial charge >= 0.3 is 5.97 Å². The molecule has 2 N–H and O–H groups in total. The number of aliphatic hydroxyl groups is 2. The number of hydrogen-bond donors (Lipinski definition) is 2. The second kappa shape index (κ2) is 7.27. The van der Waals surface area contributed by atoms with Crippen LogP contribution in [-0.2, 0) is 19.1 Å². The largest absolute Gasteiger partial charge is 0.458 e. The zero-order valence-corrected chi connectivity index (χ0v) is 20.8. The summed E-state index contributed by atoms with van der Waals surface area (Å²) >= 11 is 0. The summed E-state index contributed by atoms with van der Waals surface area (Å²) in [5, 5.41) is 20.4. The van der Waals surface area contributed by atoms with Crippen molar-refractivity contribution in [2.45, 2.75) is 90.1 Å². The van der Waals surface area contributed by atoms with Crippen LogP contribution in [0.3, 0.4) is 0 Å². The molecule has 186 valence electrons. The lowest BCUT2D eigenvalue weighted by atomic mass is 9.44. The van der Waals surface area contributed by atoms with Crippen LogP contribution in [0.5, 0.6) is 0 Å². The lowest BCUT2D eigenvalue weighted by Crippen LogP contribution is -2.63. The number of allylic oxidation sites excluding steroid dienone is 1. The number of ketones is 1. The number of epoxide rings is 1. The first kappa shape index (κ1) is 22.9. The van der Waals surface area contributed by atoms with E-state index in [-0.39, 0.29) is 47.8 Å². The Balaban J connectivity index is 1.27. The molecule has 11 atom stereocenters. The van der Waals surface area contributed by atoms with Crippen LogP contribution in [0.2, 0.25) is 0 Å². The fourth-order valence-corrected chi connectivity index (χ4v) is 9.69. The molecule has 0 amide bonds. The first-order valence-electron chi connectivity index (χ1n) is 13.2. The number of esters is 1. The van der Waals surface area contributed by atoms with Crippen LogP contribution in [0.1, 0.15) is 66.2 Å². The molecule has 0 radical (unpaired) electrons. The van der Waals surface area contributed by atoms with Gasteiger partial charge in [0.25, 0.3) is 0 Å². The van der Waals surface area contributed by atoms with Crippen LogP contribution in [-0.4, -0.2) is 52.5 Å². The number of carbonyl (C=O) groups is 2. The van der Waals surface area contributed by atoms with Crippen molar-refractivity contribution in [2.24, 2.45) is 40.4 Å². The Bertz CT molecular complexity index is 999. The van der Waals surface area contributed by atoms with E-state index in [1.807, 2.05) is 6.92 Å². The quantitative estimate of drug-likeness (QED) is 0.485. The molecule has 6 heteroatoms. The Hall–Kier alpha value is -1.50. The van der Waals surface area contributed by atoms with Gasteiger partial charge < -0.3 is 19.7 Å². The molecule has 0 aromatic carbocycles. The molecular weight excluding hydrogens is 432 g/mol. The van der Waals surface area contributed by atoms with Crippen molar-refractivity contribution in [1.29, 1.82) is 0 Å². The Labute approximate surface area is 201 Å². The van der Waals surface area contributed by atoms with E-state index in [2.05, 4.69) is 20.8 Å². The van der Waals surface area contributed by atoms with Gasteiger partial charge in [0.15, 0.2) is 5.78 Å². The van der Waals surface area contributed by atoms with Gasteiger partial charge in [0.2, 0.25) is 0 Å². The number of fused-ring (bicyclic) bond motifs is 4. The third-order valence-electron chi connectivity index (χ3n) is 11.6. The van der Waals surface area contributed by atoms with E-state index < -0.39 is 17.1 Å². The molecule has 34 heavy (non-hydrogen) atoms. The average Bonchev–Trinajstić information content (AvgIpc) is 3.43. The van der Waals surface area contributed by atoms with E-state index in [0.29, 0.717) is 29.7 Å². The fraction of sp³-hybridized carbons (Fsp3) is 0.786. The summed E-state index contributed by atoms with van der Waals surface area (Å²) in [5.41, 5.74) is 0.129. The molecule has 4 fully saturated rings. The molecule has 0 aromatic heterocycles. The summed E-state index contributed by atoms with van der Waals surface area (Å²) in [7, 11) is 0. The van der Waals surface area contributed by atoms with Gasteiger partial charge in [0, 0.05) is 6.42 Å². The lowest BCUT2D eigenvalue weighted by molar-refractivity contribution is -0.155. The Morgan fingerprint density at radius 3 is 2.65 bits per heavy atom. The summed E-state index contributed by atoms with van der Waals surface area (Å²) in [6.45, 7) is 8.41. The molecule has 4 unspecified atom stereocenters. The third-order valence-corrected chi connectivity index (χ3v) is 11.6. The Morgan fingerprint density at radius 2 is 1.94 bits per heavy atom. The highest BCUT2D eigenvalue weighted by Gasteiger charge is 2.80. The van der Waals surface area contributed by atoms with E-state index in [0.717, 1.165) is 37.7 Å². The normalized spacial score (nSPS) is 52.4. The van der Waals surface area contributed by atoms with Crippen LogP contribution < -0.4 is 0 Å². The number of aliphatic hydroxyl groups excluding tert-OH is 2. The molecule has 6 nitrogen and oxygen atoms in total. The number of hydrogen-bond acceptors (Lipinski definition) is 6. The maximum Gasteiger partial charge on any atom is 0.336 e. The van der Waals surface area contributed by atoms with Crippen molar-refractivity contribution in [2.75, 3.05) is 6.61 Å². The Morgan fingerprint density at radius 1 is 1.18 bits per heavy atom. The first-order chi connectivity index (χ1) is 16.1. The average molecular weight is 471 g/mol. The van der Waals surface area contributed by atoms with E-state index in [1.54, 1.807) is 12.2 Å².